The summed E-state index contributed by atoms with van der Waals surface area (Å²) in [6, 6.07) is 8.44. The Kier molecular flexibility index (Phi) is 2.44. The van der Waals surface area contributed by atoms with Crippen molar-refractivity contribution < 1.29 is 0 Å². The second-order valence-corrected chi connectivity index (χ2v) is 5.09. The first-order valence-corrected chi connectivity index (χ1v) is 6.46. The molecule has 0 bridgehead atoms. The lowest BCUT2D eigenvalue weighted by atomic mass is 10.1. The third-order valence-electron chi connectivity index (χ3n) is 2.75. The lowest BCUT2D eigenvalue weighted by molar-refractivity contribution is 0.612. The van der Waals surface area contributed by atoms with Crippen molar-refractivity contribution in [3.05, 3.63) is 29.8 Å². The van der Waals surface area contributed by atoms with Crippen LogP contribution in [0.4, 0.5) is 0 Å². The molecule has 1 aromatic heterocycles. The topological polar surface area (TPSA) is 30.7 Å². The molecule has 3 rings (SSSR count). The molecule has 1 aromatic carbocycles. The fourth-order valence-electron chi connectivity index (χ4n) is 1.98. The van der Waals surface area contributed by atoms with Crippen molar-refractivity contribution in [2.75, 3.05) is 5.75 Å². The molecule has 0 N–H and O–H groups in total. The zero-order valence-electron chi connectivity index (χ0n) is 9.18. The Bertz CT molecular complexity index is 519. The summed E-state index contributed by atoms with van der Waals surface area (Å²) in [6.45, 7) is 3.14. The minimum absolute atomic E-state index is 1.01. The average molecular weight is 231 g/mol. The van der Waals surface area contributed by atoms with E-state index in [1.165, 1.54) is 17.5 Å². The zero-order chi connectivity index (χ0) is 11.0. The number of hydrogen-bond acceptors (Lipinski definition) is 3. The molecule has 82 valence electrons. The van der Waals surface area contributed by atoms with Gasteiger partial charge in [0.05, 0.1) is 0 Å². The van der Waals surface area contributed by atoms with Crippen LogP contribution >= 0.6 is 11.8 Å². The molecule has 2 heterocycles. The minimum Gasteiger partial charge on any atom is -0.302 e. The van der Waals surface area contributed by atoms with E-state index < -0.39 is 0 Å². The Labute approximate surface area is 98.9 Å². The molecule has 2 aromatic rings. The van der Waals surface area contributed by atoms with Crippen LogP contribution in [0, 0.1) is 6.92 Å². The molecule has 0 atom stereocenters. The zero-order valence-corrected chi connectivity index (χ0v) is 10.00. The summed E-state index contributed by atoms with van der Waals surface area (Å²) in [7, 11) is 0. The molecule has 1 aliphatic rings. The molecule has 16 heavy (non-hydrogen) atoms. The van der Waals surface area contributed by atoms with Crippen LogP contribution < -0.4 is 0 Å². The fraction of sp³-hybridized carbons (Fsp3) is 0.333. The molecular formula is C12H13N3S. The monoisotopic (exact) mass is 231 g/mol. The molecule has 4 heteroatoms. The first-order valence-electron chi connectivity index (χ1n) is 5.47. The van der Waals surface area contributed by atoms with E-state index in [2.05, 4.69) is 46.0 Å². The van der Waals surface area contributed by atoms with Crippen molar-refractivity contribution in [3.8, 4) is 11.4 Å². The largest absolute Gasteiger partial charge is 0.302 e. The standard InChI is InChI=1S/C12H13N3S/c1-9-4-2-5-10(8-9)11-13-14-12-15(11)6-3-7-16-12/h2,4-5,8H,3,6-7H2,1H3. The van der Waals surface area contributed by atoms with Crippen LogP contribution in [0.15, 0.2) is 29.4 Å². The third kappa shape index (κ3) is 1.63. The highest BCUT2D eigenvalue weighted by Gasteiger charge is 2.17. The van der Waals surface area contributed by atoms with E-state index in [9.17, 15) is 0 Å². The first kappa shape index (κ1) is 9.90. The number of aromatic nitrogens is 3. The lowest BCUT2D eigenvalue weighted by Gasteiger charge is -2.14. The molecule has 0 saturated heterocycles. The van der Waals surface area contributed by atoms with E-state index in [1.54, 1.807) is 11.8 Å². The Morgan fingerprint density at radius 2 is 2.25 bits per heavy atom. The Morgan fingerprint density at radius 3 is 3.12 bits per heavy atom. The van der Waals surface area contributed by atoms with Crippen LogP contribution in [0.1, 0.15) is 12.0 Å². The molecule has 0 aliphatic carbocycles. The van der Waals surface area contributed by atoms with Gasteiger partial charge in [-0.3, -0.25) is 0 Å². The second-order valence-electron chi connectivity index (χ2n) is 4.03. The molecule has 0 spiro atoms. The van der Waals surface area contributed by atoms with Gasteiger partial charge < -0.3 is 4.57 Å². The number of thioether (sulfide) groups is 1. The number of rotatable bonds is 1. The molecule has 0 unspecified atom stereocenters. The normalized spacial score (nSPS) is 14.8. The van der Waals surface area contributed by atoms with Gasteiger partial charge in [0.2, 0.25) is 0 Å². The fourth-order valence-corrected chi connectivity index (χ4v) is 2.87. The average Bonchev–Trinajstić information content (AvgIpc) is 2.72. The maximum absolute atomic E-state index is 4.30. The van der Waals surface area contributed by atoms with Gasteiger partial charge in [-0.25, -0.2) is 0 Å². The van der Waals surface area contributed by atoms with E-state index >= 15 is 0 Å². The molecule has 0 radical (unpaired) electrons. The van der Waals surface area contributed by atoms with E-state index in [-0.39, 0.29) is 0 Å². The molecule has 1 aliphatic heterocycles. The number of nitrogens with zero attached hydrogens (tertiary/aromatic N) is 3. The summed E-state index contributed by atoms with van der Waals surface area (Å²) in [5, 5.41) is 9.60. The highest BCUT2D eigenvalue weighted by molar-refractivity contribution is 7.99. The van der Waals surface area contributed by atoms with Crippen molar-refractivity contribution in [2.24, 2.45) is 0 Å². The van der Waals surface area contributed by atoms with Gasteiger partial charge >= 0.3 is 0 Å². The van der Waals surface area contributed by atoms with Crippen molar-refractivity contribution in [2.45, 2.75) is 25.0 Å². The van der Waals surface area contributed by atoms with E-state index in [1.807, 2.05) is 0 Å². The number of hydrogen-bond donors (Lipinski definition) is 0. The van der Waals surface area contributed by atoms with Gasteiger partial charge in [0.1, 0.15) is 0 Å². The van der Waals surface area contributed by atoms with Crippen LogP contribution in [0.2, 0.25) is 0 Å². The minimum atomic E-state index is 1.01. The molecule has 0 saturated carbocycles. The number of benzene rings is 1. The lowest BCUT2D eigenvalue weighted by Crippen LogP contribution is -2.08. The summed E-state index contributed by atoms with van der Waals surface area (Å²) in [5.74, 6) is 2.16. The van der Waals surface area contributed by atoms with Crippen LogP contribution in [-0.2, 0) is 6.54 Å². The van der Waals surface area contributed by atoms with Crippen LogP contribution in [-0.4, -0.2) is 20.5 Å². The predicted molar refractivity (Wildman–Crippen MR) is 65.5 cm³/mol. The SMILES string of the molecule is Cc1cccc(-c2nnc3n2CCCS3)c1. The highest BCUT2D eigenvalue weighted by atomic mass is 32.2. The second kappa shape index (κ2) is 3.94. The molecular weight excluding hydrogens is 218 g/mol. The van der Waals surface area contributed by atoms with E-state index in [4.69, 9.17) is 0 Å². The van der Waals surface area contributed by atoms with Gasteiger partial charge in [-0.1, -0.05) is 35.5 Å². The molecule has 0 fully saturated rings. The number of aryl methyl sites for hydroxylation is 1. The first-order chi connectivity index (χ1) is 7.84. The summed E-state index contributed by atoms with van der Waals surface area (Å²) >= 11 is 1.80. The Morgan fingerprint density at radius 1 is 1.31 bits per heavy atom. The van der Waals surface area contributed by atoms with Crippen LogP contribution in [0.3, 0.4) is 0 Å². The summed E-state index contributed by atoms with van der Waals surface area (Å²) in [5.41, 5.74) is 2.43. The number of fused-ring (bicyclic) bond motifs is 1. The smallest absolute Gasteiger partial charge is 0.191 e. The summed E-state index contributed by atoms with van der Waals surface area (Å²) in [4.78, 5) is 0. The molecule has 0 amide bonds. The van der Waals surface area contributed by atoms with Gasteiger partial charge in [-0.05, 0) is 19.4 Å². The highest BCUT2D eigenvalue weighted by Crippen LogP contribution is 2.28. The van der Waals surface area contributed by atoms with Gasteiger partial charge in [0.15, 0.2) is 11.0 Å². The van der Waals surface area contributed by atoms with Crippen molar-refractivity contribution >= 4 is 11.8 Å². The quantitative estimate of drug-likeness (QED) is 0.756. The van der Waals surface area contributed by atoms with Gasteiger partial charge in [-0.2, -0.15) is 0 Å². The van der Waals surface area contributed by atoms with Crippen LogP contribution in [0.5, 0.6) is 0 Å². The Hall–Kier alpha value is -1.29. The third-order valence-corrected chi connectivity index (χ3v) is 3.80. The van der Waals surface area contributed by atoms with Crippen LogP contribution in [0.25, 0.3) is 11.4 Å². The van der Waals surface area contributed by atoms with E-state index in [0.717, 1.165) is 23.3 Å². The maximum Gasteiger partial charge on any atom is 0.191 e. The van der Waals surface area contributed by atoms with Crippen molar-refractivity contribution in [1.82, 2.24) is 14.8 Å². The van der Waals surface area contributed by atoms with E-state index in [0.29, 0.717) is 0 Å². The summed E-state index contributed by atoms with van der Waals surface area (Å²) < 4.78 is 2.23. The van der Waals surface area contributed by atoms with Gasteiger partial charge in [0.25, 0.3) is 0 Å². The molecule has 3 nitrogen and oxygen atoms in total. The van der Waals surface area contributed by atoms with Crippen molar-refractivity contribution in [1.29, 1.82) is 0 Å². The van der Waals surface area contributed by atoms with Gasteiger partial charge in [-0.15, -0.1) is 10.2 Å². The van der Waals surface area contributed by atoms with Gasteiger partial charge in [0, 0.05) is 17.9 Å². The van der Waals surface area contributed by atoms with Crippen molar-refractivity contribution in [3.63, 3.8) is 0 Å². The predicted octanol–water partition coefficient (Wildman–Crippen LogP) is 2.75. The maximum atomic E-state index is 4.30. The summed E-state index contributed by atoms with van der Waals surface area (Å²) in [6.07, 6.45) is 1.20. The Balaban J connectivity index is 2.09.